The lowest BCUT2D eigenvalue weighted by molar-refractivity contribution is 0.0945. The Kier molecular flexibility index (Phi) is 3.99. The van der Waals surface area contributed by atoms with E-state index in [0.717, 1.165) is 23.2 Å². The summed E-state index contributed by atoms with van der Waals surface area (Å²) < 4.78 is 15.1. The number of pyridine rings is 2. The summed E-state index contributed by atoms with van der Waals surface area (Å²) in [5.41, 5.74) is 4.70. The van der Waals surface area contributed by atoms with Crippen molar-refractivity contribution in [3.63, 3.8) is 0 Å². The van der Waals surface area contributed by atoms with Crippen molar-refractivity contribution in [2.75, 3.05) is 6.54 Å². The number of carbonyl (C=O) groups excluding carboxylic acids is 1. The predicted octanol–water partition coefficient (Wildman–Crippen LogP) is 2.29. The number of hydrogen-bond donors (Lipinski definition) is 1. The van der Waals surface area contributed by atoms with Gasteiger partial charge in [0, 0.05) is 30.9 Å². The SMILES string of the molecule is Cc1cc(Cc2ccnc(-n3nc(C)c4c3CCNC4=O)c2)cnc1F. The number of carbonyl (C=O) groups is 1. The van der Waals surface area contributed by atoms with Crippen molar-refractivity contribution in [1.29, 1.82) is 0 Å². The summed E-state index contributed by atoms with van der Waals surface area (Å²) >= 11 is 0. The molecular formula is C19H18FN5O. The first kappa shape index (κ1) is 16.4. The highest BCUT2D eigenvalue weighted by Crippen LogP contribution is 2.21. The van der Waals surface area contributed by atoms with Crippen LogP contribution in [0, 0.1) is 19.8 Å². The van der Waals surface area contributed by atoms with Gasteiger partial charge in [-0.3, -0.25) is 4.79 Å². The lowest BCUT2D eigenvalue weighted by Gasteiger charge is -2.15. The molecule has 3 aromatic rings. The maximum Gasteiger partial charge on any atom is 0.255 e. The summed E-state index contributed by atoms with van der Waals surface area (Å²) in [4.78, 5) is 20.3. The molecule has 0 saturated heterocycles. The predicted molar refractivity (Wildman–Crippen MR) is 93.9 cm³/mol. The lowest BCUT2D eigenvalue weighted by Crippen LogP contribution is -2.32. The molecule has 6 nitrogen and oxygen atoms in total. The zero-order chi connectivity index (χ0) is 18.3. The van der Waals surface area contributed by atoms with Gasteiger partial charge in [0.15, 0.2) is 5.82 Å². The van der Waals surface area contributed by atoms with Gasteiger partial charge in [0.1, 0.15) is 0 Å². The Morgan fingerprint density at radius 1 is 1.23 bits per heavy atom. The van der Waals surface area contributed by atoms with E-state index in [0.29, 0.717) is 35.6 Å². The Bertz CT molecular complexity index is 1010. The molecule has 0 radical (unpaired) electrons. The third-order valence-electron chi connectivity index (χ3n) is 4.54. The number of aromatic nitrogens is 4. The van der Waals surface area contributed by atoms with Crippen LogP contribution in [0.2, 0.25) is 0 Å². The smallest absolute Gasteiger partial charge is 0.255 e. The lowest BCUT2D eigenvalue weighted by atomic mass is 10.1. The Hall–Kier alpha value is -3.09. The second-order valence-electron chi connectivity index (χ2n) is 6.48. The summed E-state index contributed by atoms with van der Waals surface area (Å²) in [5, 5.41) is 7.37. The molecule has 1 aliphatic rings. The number of aryl methyl sites for hydroxylation is 2. The van der Waals surface area contributed by atoms with Gasteiger partial charge in [0.2, 0.25) is 5.95 Å². The minimum absolute atomic E-state index is 0.0842. The molecule has 0 aliphatic carbocycles. The maximum absolute atomic E-state index is 13.4. The third kappa shape index (κ3) is 2.85. The molecule has 4 heterocycles. The first-order valence-electron chi connectivity index (χ1n) is 8.46. The van der Waals surface area contributed by atoms with Gasteiger partial charge >= 0.3 is 0 Å². The van der Waals surface area contributed by atoms with E-state index in [-0.39, 0.29) is 5.91 Å². The molecule has 1 aliphatic heterocycles. The number of nitrogens with one attached hydrogen (secondary N) is 1. The van der Waals surface area contributed by atoms with Crippen LogP contribution in [-0.4, -0.2) is 32.2 Å². The number of fused-ring (bicyclic) bond motifs is 1. The minimum atomic E-state index is -0.443. The van der Waals surface area contributed by atoms with Gasteiger partial charge in [-0.05, 0) is 49.6 Å². The van der Waals surface area contributed by atoms with Crippen molar-refractivity contribution in [1.82, 2.24) is 25.1 Å². The second-order valence-corrected chi connectivity index (χ2v) is 6.48. The van der Waals surface area contributed by atoms with Crippen molar-refractivity contribution < 1.29 is 9.18 Å². The van der Waals surface area contributed by atoms with E-state index in [1.807, 2.05) is 19.1 Å². The standard InChI is InChI=1S/C19H18FN5O/c1-11-7-14(10-23-18(11)20)8-13-3-5-21-16(9-13)25-15-4-6-22-19(26)17(15)12(2)24-25/h3,5,7,9-10H,4,6,8H2,1-2H3,(H,22,26). The quantitative estimate of drug-likeness (QED) is 0.735. The highest BCUT2D eigenvalue weighted by Gasteiger charge is 2.25. The molecule has 0 aromatic carbocycles. The topological polar surface area (TPSA) is 72.7 Å². The maximum atomic E-state index is 13.4. The fraction of sp³-hybridized carbons (Fsp3) is 0.263. The fourth-order valence-electron chi connectivity index (χ4n) is 3.31. The van der Waals surface area contributed by atoms with Crippen LogP contribution in [0.3, 0.4) is 0 Å². The molecule has 0 spiro atoms. The van der Waals surface area contributed by atoms with E-state index in [1.165, 1.54) is 0 Å². The first-order chi connectivity index (χ1) is 12.5. The van der Waals surface area contributed by atoms with Crippen LogP contribution >= 0.6 is 0 Å². The Labute approximate surface area is 150 Å². The zero-order valence-corrected chi connectivity index (χ0v) is 14.6. The van der Waals surface area contributed by atoms with Gasteiger partial charge < -0.3 is 5.32 Å². The number of nitrogens with zero attached hydrogens (tertiary/aromatic N) is 4. The van der Waals surface area contributed by atoms with Gasteiger partial charge in [-0.1, -0.05) is 0 Å². The Balaban J connectivity index is 1.69. The molecule has 0 fully saturated rings. The number of halogens is 1. The highest BCUT2D eigenvalue weighted by atomic mass is 19.1. The number of hydrogen-bond acceptors (Lipinski definition) is 4. The average Bonchev–Trinajstić information content (AvgIpc) is 2.97. The third-order valence-corrected chi connectivity index (χ3v) is 4.54. The van der Waals surface area contributed by atoms with Gasteiger partial charge in [0.05, 0.1) is 17.0 Å². The van der Waals surface area contributed by atoms with E-state index in [1.54, 1.807) is 30.1 Å². The molecule has 0 atom stereocenters. The van der Waals surface area contributed by atoms with E-state index in [2.05, 4.69) is 20.4 Å². The van der Waals surface area contributed by atoms with Crippen LogP contribution in [-0.2, 0) is 12.8 Å². The van der Waals surface area contributed by atoms with Crippen molar-refractivity contribution in [3.8, 4) is 5.82 Å². The second kappa shape index (κ2) is 6.33. The van der Waals surface area contributed by atoms with Gasteiger partial charge in [-0.15, -0.1) is 0 Å². The number of rotatable bonds is 3. The van der Waals surface area contributed by atoms with Crippen molar-refractivity contribution >= 4 is 5.91 Å². The molecule has 132 valence electrons. The van der Waals surface area contributed by atoms with Crippen molar-refractivity contribution in [3.05, 3.63) is 70.2 Å². The van der Waals surface area contributed by atoms with Crippen LogP contribution in [0.4, 0.5) is 4.39 Å². The normalized spacial score (nSPS) is 13.4. The van der Waals surface area contributed by atoms with E-state index in [4.69, 9.17) is 0 Å². The highest BCUT2D eigenvalue weighted by molar-refractivity contribution is 5.97. The molecule has 26 heavy (non-hydrogen) atoms. The summed E-state index contributed by atoms with van der Waals surface area (Å²) in [7, 11) is 0. The summed E-state index contributed by atoms with van der Waals surface area (Å²) in [6.45, 7) is 4.13. The molecule has 3 aromatic heterocycles. The van der Waals surface area contributed by atoms with Crippen LogP contribution in [0.15, 0.2) is 30.6 Å². The molecule has 7 heteroatoms. The fourth-order valence-corrected chi connectivity index (χ4v) is 3.31. The van der Waals surface area contributed by atoms with E-state index >= 15 is 0 Å². The molecule has 1 amide bonds. The average molecular weight is 351 g/mol. The number of amides is 1. The van der Waals surface area contributed by atoms with Gasteiger partial charge in [-0.25, -0.2) is 14.6 Å². The monoisotopic (exact) mass is 351 g/mol. The molecule has 0 saturated carbocycles. The summed E-state index contributed by atoms with van der Waals surface area (Å²) in [6.07, 6.45) is 4.61. The summed E-state index contributed by atoms with van der Waals surface area (Å²) in [6, 6.07) is 5.66. The Morgan fingerprint density at radius 3 is 2.88 bits per heavy atom. The Morgan fingerprint density at radius 2 is 2.08 bits per heavy atom. The van der Waals surface area contributed by atoms with Gasteiger partial charge in [0.25, 0.3) is 5.91 Å². The van der Waals surface area contributed by atoms with Gasteiger partial charge in [-0.2, -0.15) is 9.49 Å². The molecule has 0 bridgehead atoms. The molecule has 0 unspecified atom stereocenters. The van der Waals surface area contributed by atoms with E-state index < -0.39 is 5.95 Å². The minimum Gasteiger partial charge on any atom is -0.352 e. The van der Waals surface area contributed by atoms with Crippen LogP contribution in [0.1, 0.15) is 38.4 Å². The molecular weight excluding hydrogens is 333 g/mol. The van der Waals surface area contributed by atoms with E-state index in [9.17, 15) is 9.18 Å². The molecule has 4 rings (SSSR count). The first-order valence-corrected chi connectivity index (χ1v) is 8.46. The largest absolute Gasteiger partial charge is 0.352 e. The van der Waals surface area contributed by atoms with Crippen LogP contribution in [0.5, 0.6) is 0 Å². The zero-order valence-electron chi connectivity index (χ0n) is 14.6. The molecule has 1 N–H and O–H groups in total. The van der Waals surface area contributed by atoms with Crippen molar-refractivity contribution in [2.24, 2.45) is 0 Å². The van der Waals surface area contributed by atoms with Crippen LogP contribution < -0.4 is 5.32 Å². The summed E-state index contributed by atoms with van der Waals surface area (Å²) in [5.74, 6) is 0.147. The van der Waals surface area contributed by atoms with Crippen molar-refractivity contribution in [2.45, 2.75) is 26.7 Å². The van der Waals surface area contributed by atoms with Crippen LogP contribution in [0.25, 0.3) is 5.82 Å².